The van der Waals surface area contributed by atoms with Crippen LogP contribution in [0.5, 0.6) is 0 Å². The van der Waals surface area contributed by atoms with Crippen molar-refractivity contribution in [2.45, 2.75) is 6.42 Å². The van der Waals surface area contributed by atoms with Crippen molar-refractivity contribution >= 4 is 17.3 Å². The minimum absolute atomic E-state index is 0.0684. The summed E-state index contributed by atoms with van der Waals surface area (Å²) >= 11 is 0. The number of amides is 1. The molecule has 29 heavy (non-hydrogen) atoms. The molecule has 1 saturated heterocycles. The van der Waals surface area contributed by atoms with Crippen LogP contribution in [0.2, 0.25) is 0 Å². The van der Waals surface area contributed by atoms with E-state index in [9.17, 15) is 4.79 Å². The summed E-state index contributed by atoms with van der Waals surface area (Å²) in [5.41, 5.74) is 4.32. The van der Waals surface area contributed by atoms with Crippen LogP contribution < -0.4 is 10.2 Å². The van der Waals surface area contributed by atoms with Gasteiger partial charge in [-0.25, -0.2) is 0 Å². The van der Waals surface area contributed by atoms with Crippen molar-refractivity contribution in [2.75, 3.05) is 42.9 Å². The number of para-hydroxylation sites is 2. The summed E-state index contributed by atoms with van der Waals surface area (Å²) < 4.78 is 0. The Hall–Kier alpha value is -3.11. The van der Waals surface area contributed by atoms with Gasteiger partial charge in [-0.3, -0.25) is 9.69 Å². The van der Waals surface area contributed by atoms with Crippen molar-refractivity contribution < 1.29 is 4.79 Å². The molecule has 1 N–H and O–H groups in total. The highest BCUT2D eigenvalue weighted by Gasteiger charge is 2.18. The lowest BCUT2D eigenvalue weighted by Gasteiger charge is -2.36. The predicted octanol–water partition coefficient (Wildman–Crippen LogP) is 4.50. The molecule has 1 heterocycles. The molecule has 0 aliphatic carbocycles. The van der Waals surface area contributed by atoms with Crippen molar-refractivity contribution in [3.8, 4) is 11.1 Å². The zero-order valence-corrected chi connectivity index (χ0v) is 16.6. The second-order valence-electron chi connectivity index (χ2n) is 7.37. The number of nitrogens with zero attached hydrogens (tertiary/aromatic N) is 2. The molecule has 4 rings (SSSR count). The third kappa shape index (κ3) is 5.04. The molecule has 3 aromatic carbocycles. The van der Waals surface area contributed by atoms with Crippen LogP contribution >= 0.6 is 0 Å². The van der Waals surface area contributed by atoms with Crippen LogP contribution in [0.15, 0.2) is 84.9 Å². The fourth-order valence-corrected chi connectivity index (χ4v) is 3.80. The number of piperazine rings is 1. The van der Waals surface area contributed by atoms with Gasteiger partial charge in [-0.15, -0.1) is 0 Å². The SMILES string of the molecule is O=C(CCN1CCN(c2ccccc2)CC1)Nc1ccccc1-c1ccccc1. The highest BCUT2D eigenvalue weighted by atomic mass is 16.1. The highest BCUT2D eigenvalue weighted by molar-refractivity contribution is 5.95. The number of benzene rings is 3. The van der Waals surface area contributed by atoms with Crippen molar-refractivity contribution in [2.24, 2.45) is 0 Å². The van der Waals surface area contributed by atoms with Crippen LogP contribution in [0.4, 0.5) is 11.4 Å². The van der Waals surface area contributed by atoms with E-state index in [2.05, 4.69) is 51.5 Å². The molecule has 0 unspecified atom stereocenters. The van der Waals surface area contributed by atoms with Crippen molar-refractivity contribution in [3.05, 3.63) is 84.9 Å². The maximum absolute atomic E-state index is 12.6. The van der Waals surface area contributed by atoms with E-state index in [1.54, 1.807) is 0 Å². The molecule has 0 bridgehead atoms. The maximum atomic E-state index is 12.6. The van der Waals surface area contributed by atoms with Crippen molar-refractivity contribution in [1.82, 2.24) is 4.90 Å². The van der Waals surface area contributed by atoms with Gasteiger partial charge >= 0.3 is 0 Å². The molecule has 0 spiro atoms. The Bertz CT molecular complexity index is 919. The van der Waals surface area contributed by atoms with E-state index in [0.29, 0.717) is 6.42 Å². The van der Waals surface area contributed by atoms with Gasteiger partial charge < -0.3 is 10.2 Å². The van der Waals surface area contributed by atoms with Gasteiger partial charge in [0.2, 0.25) is 5.91 Å². The van der Waals surface area contributed by atoms with E-state index in [0.717, 1.165) is 49.5 Å². The summed E-state index contributed by atoms with van der Waals surface area (Å²) in [6.07, 6.45) is 0.508. The molecule has 3 aromatic rings. The van der Waals surface area contributed by atoms with E-state index in [1.165, 1.54) is 5.69 Å². The number of nitrogens with one attached hydrogen (secondary N) is 1. The number of carbonyl (C=O) groups excluding carboxylic acids is 1. The van der Waals surface area contributed by atoms with Crippen LogP contribution in [-0.2, 0) is 4.79 Å². The molecule has 0 atom stereocenters. The molecule has 148 valence electrons. The molecule has 4 nitrogen and oxygen atoms in total. The lowest BCUT2D eigenvalue weighted by molar-refractivity contribution is -0.116. The summed E-state index contributed by atoms with van der Waals surface area (Å²) in [6.45, 7) is 4.78. The molecule has 1 aliphatic heterocycles. The second kappa shape index (κ2) is 9.39. The van der Waals surface area contributed by atoms with E-state index in [-0.39, 0.29) is 5.91 Å². The predicted molar refractivity (Wildman–Crippen MR) is 120 cm³/mol. The van der Waals surface area contributed by atoms with Gasteiger partial charge in [-0.2, -0.15) is 0 Å². The Labute approximate surface area is 172 Å². The molecular weight excluding hydrogens is 358 g/mol. The molecule has 0 aromatic heterocycles. The van der Waals surface area contributed by atoms with Crippen LogP contribution in [0.25, 0.3) is 11.1 Å². The van der Waals surface area contributed by atoms with E-state index < -0.39 is 0 Å². The normalized spacial score (nSPS) is 14.6. The molecule has 1 aliphatic rings. The molecule has 0 radical (unpaired) electrons. The zero-order chi connectivity index (χ0) is 19.9. The van der Waals surface area contributed by atoms with Gasteiger partial charge in [0.15, 0.2) is 0 Å². The van der Waals surface area contributed by atoms with Gasteiger partial charge in [0.25, 0.3) is 0 Å². The summed E-state index contributed by atoms with van der Waals surface area (Å²) in [5, 5.41) is 3.11. The Morgan fingerprint density at radius 1 is 0.759 bits per heavy atom. The first-order chi connectivity index (χ1) is 14.3. The Kier molecular flexibility index (Phi) is 6.22. The summed E-state index contributed by atoms with van der Waals surface area (Å²) in [4.78, 5) is 17.4. The lowest BCUT2D eigenvalue weighted by atomic mass is 10.0. The fraction of sp³-hybridized carbons (Fsp3) is 0.240. The van der Waals surface area contributed by atoms with Gasteiger partial charge in [-0.05, 0) is 23.8 Å². The number of carbonyl (C=O) groups is 1. The van der Waals surface area contributed by atoms with Crippen LogP contribution in [0.1, 0.15) is 6.42 Å². The lowest BCUT2D eigenvalue weighted by Crippen LogP contribution is -2.47. The molecular formula is C25H27N3O. The van der Waals surface area contributed by atoms with Crippen molar-refractivity contribution in [1.29, 1.82) is 0 Å². The average molecular weight is 386 g/mol. The third-order valence-corrected chi connectivity index (χ3v) is 5.43. The molecule has 0 saturated carbocycles. The zero-order valence-electron chi connectivity index (χ0n) is 16.6. The minimum Gasteiger partial charge on any atom is -0.369 e. The largest absolute Gasteiger partial charge is 0.369 e. The molecule has 1 fully saturated rings. The first-order valence-corrected chi connectivity index (χ1v) is 10.3. The summed E-state index contributed by atoms with van der Waals surface area (Å²) in [5.74, 6) is 0.0684. The molecule has 1 amide bonds. The van der Waals surface area contributed by atoms with E-state index in [4.69, 9.17) is 0 Å². The minimum atomic E-state index is 0.0684. The quantitative estimate of drug-likeness (QED) is 0.678. The van der Waals surface area contributed by atoms with Crippen LogP contribution in [0, 0.1) is 0 Å². The van der Waals surface area contributed by atoms with Gasteiger partial charge in [-0.1, -0.05) is 66.7 Å². The summed E-state index contributed by atoms with van der Waals surface area (Å²) in [6, 6.07) is 28.7. The van der Waals surface area contributed by atoms with Gasteiger partial charge in [0.05, 0.1) is 0 Å². The fourth-order valence-electron chi connectivity index (χ4n) is 3.80. The number of hydrogen-bond acceptors (Lipinski definition) is 3. The number of hydrogen-bond donors (Lipinski definition) is 1. The first kappa shape index (κ1) is 19.2. The van der Waals surface area contributed by atoms with Gasteiger partial charge in [0.1, 0.15) is 0 Å². The monoisotopic (exact) mass is 385 g/mol. The Balaban J connectivity index is 1.28. The van der Waals surface area contributed by atoms with E-state index >= 15 is 0 Å². The van der Waals surface area contributed by atoms with Crippen LogP contribution in [0.3, 0.4) is 0 Å². The topological polar surface area (TPSA) is 35.6 Å². The van der Waals surface area contributed by atoms with Gasteiger partial charge in [0, 0.05) is 56.1 Å². The highest BCUT2D eigenvalue weighted by Crippen LogP contribution is 2.27. The average Bonchev–Trinajstić information content (AvgIpc) is 2.80. The smallest absolute Gasteiger partial charge is 0.225 e. The first-order valence-electron chi connectivity index (χ1n) is 10.3. The van der Waals surface area contributed by atoms with Crippen LogP contribution in [-0.4, -0.2) is 43.5 Å². The van der Waals surface area contributed by atoms with E-state index in [1.807, 2.05) is 48.5 Å². The second-order valence-corrected chi connectivity index (χ2v) is 7.37. The Morgan fingerprint density at radius 2 is 1.38 bits per heavy atom. The van der Waals surface area contributed by atoms with Crippen molar-refractivity contribution in [3.63, 3.8) is 0 Å². The summed E-state index contributed by atoms with van der Waals surface area (Å²) in [7, 11) is 0. The standard InChI is InChI=1S/C25H27N3O/c29-25(26-24-14-8-7-13-23(24)21-9-3-1-4-10-21)15-16-27-17-19-28(20-18-27)22-11-5-2-6-12-22/h1-14H,15-20H2,(H,26,29). The third-order valence-electron chi connectivity index (χ3n) is 5.43. The Morgan fingerprint density at radius 3 is 2.10 bits per heavy atom. The molecule has 4 heteroatoms. The maximum Gasteiger partial charge on any atom is 0.225 e. The number of anilines is 2. The number of rotatable bonds is 6.